The molecule has 1 saturated carbocycles. The van der Waals surface area contributed by atoms with Crippen molar-refractivity contribution in [3.05, 3.63) is 11.9 Å². The summed E-state index contributed by atoms with van der Waals surface area (Å²) in [5.74, 6) is 2.51. The van der Waals surface area contributed by atoms with E-state index in [1.54, 1.807) is 6.33 Å². The standard InChI is InChI=1S/C17H29N3O/c1-4-7-15-16(18-10-5-2)19-12-20-17(15)21-14-9-6-8-13(3)11-14/h12-14H,4-11H2,1-3H3,(H,18,19,20). The van der Waals surface area contributed by atoms with E-state index in [4.69, 9.17) is 4.74 Å². The zero-order valence-corrected chi connectivity index (χ0v) is 13.7. The molecule has 0 spiro atoms. The van der Waals surface area contributed by atoms with E-state index in [2.05, 4.69) is 36.1 Å². The van der Waals surface area contributed by atoms with Crippen molar-refractivity contribution in [1.29, 1.82) is 0 Å². The van der Waals surface area contributed by atoms with E-state index in [0.717, 1.165) is 61.8 Å². The van der Waals surface area contributed by atoms with Crippen LogP contribution in [0.15, 0.2) is 6.33 Å². The smallest absolute Gasteiger partial charge is 0.222 e. The van der Waals surface area contributed by atoms with Crippen molar-refractivity contribution in [2.45, 2.75) is 71.8 Å². The third-order valence-corrected chi connectivity index (χ3v) is 4.11. The number of nitrogens with one attached hydrogen (secondary N) is 1. The average Bonchev–Trinajstić information content (AvgIpc) is 2.48. The summed E-state index contributed by atoms with van der Waals surface area (Å²) in [5.41, 5.74) is 1.15. The molecule has 2 unspecified atom stereocenters. The number of aromatic nitrogens is 2. The Bertz CT molecular complexity index is 436. The van der Waals surface area contributed by atoms with Gasteiger partial charge in [0.25, 0.3) is 0 Å². The minimum atomic E-state index is 0.318. The predicted molar refractivity (Wildman–Crippen MR) is 86.9 cm³/mol. The Morgan fingerprint density at radius 2 is 2.10 bits per heavy atom. The van der Waals surface area contributed by atoms with Crippen molar-refractivity contribution in [3.8, 4) is 5.88 Å². The van der Waals surface area contributed by atoms with Crippen LogP contribution in [0.2, 0.25) is 0 Å². The summed E-state index contributed by atoms with van der Waals surface area (Å²) in [6.45, 7) is 7.60. The molecule has 0 aliphatic heterocycles. The highest BCUT2D eigenvalue weighted by atomic mass is 16.5. The minimum Gasteiger partial charge on any atom is -0.474 e. The highest BCUT2D eigenvalue weighted by molar-refractivity contribution is 5.48. The first-order valence-electron chi connectivity index (χ1n) is 8.49. The van der Waals surface area contributed by atoms with Crippen LogP contribution in [0.25, 0.3) is 0 Å². The molecule has 2 atom stereocenters. The third kappa shape index (κ3) is 4.58. The molecule has 1 aromatic rings. The van der Waals surface area contributed by atoms with Gasteiger partial charge in [0.05, 0.1) is 5.56 Å². The van der Waals surface area contributed by atoms with Crippen LogP contribution in [0, 0.1) is 5.92 Å². The Balaban J connectivity index is 2.12. The first-order chi connectivity index (χ1) is 10.2. The molecule has 118 valence electrons. The maximum Gasteiger partial charge on any atom is 0.222 e. The fourth-order valence-corrected chi connectivity index (χ4v) is 3.01. The predicted octanol–water partition coefficient (Wildman–Crippen LogP) is 4.21. The van der Waals surface area contributed by atoms with E-state index in [9.17, 15) is 0 Å². The molecule has 0 radical (unpaired) electrons. The maximum absolute atomic E-state index is 6.24. The van der Waals surface area contributed by atoms with Crippen molar-refractivity contribution < 1.29 is 4.74 Å². The third-order valence-electron chi connectivity index (χ3n) is 4.11. The second-order valence-electron chi connectivity index (χ2n) is 6.19. The molecule has 2 rings (SSSR count). The second kappa shape index (κ2) is 8.20. The number of hydrogen-bond acceptors (Lipinski definition) is 4. The summed E-state index contributed by atoms with van der Waals surface area (Å²) in [6, 6.07) is 0. The van der Waals surface area contributed by atoms with Gasteiger partial charge in [-0.15, -0.1) is 0 Å². The second-order valence-corrected chi connectivity index (χ2v) is 6.19. The molecule has 0 bridgehead atoms. The number of hydrogen-bond donors (Lipinski definition) is 1. The fourth-order valence-electron chi connectivity index (χ4n) is 3.01. The van der Waals surface area contributed by atoms with Gasteiger partial charge in [-0.1, -0.05) is 33.6 Å². The first kappa shape index (κ1) is 16.1. The summed E-state index contributed by atoms with van der Waals surface area (Å²) in [4.78, 5) is 8.81. The summed E-state index contributed by atoms with van der Waals surface area (Å²) >= 11 is 0. The zero-order valence-electron chi connectivity index (χ0n) is 13.7. The van der Waals surface area contributed by atoms with Gasteiger partial charge in [0.15, 0.2) is 0 Å². The van der Waals surface area contributed by atoms with Crippen LogP contribution < -0.4 is 10.1 Å². The van der Waals surface area contributed by atoms with Crippen molar-refractivity contribution >= 4 is 5.82 Å². The van der Waals surface area contributed by atoms with E-state index in [1.165, 1.54) is 12.8 Å². The molecule has 1 N–H and O–H groups in total. The van der Waals surface area contributed by atoms with E-state index in [1.807, 2.05) is 0 Å². The Morgan fingerprint density at radius 1 is 1.24 bits per heavy atom. The van der Waals surface area contributed by atoms with Crippen molar-refractivity contribution in [3.63, 3.8) is 0 Å². The summed E-state index contributed by atoms with van der Waals surface area (Å²) < 4.78 is 6.24. The fraction of sp³-hybridized carbons (Fsp3) is 0.765. The van der Waals surface area contributed by atoms with Gasteiger partial charge in [-0.2, -0.15) is 0 Å². The molecule has 1 fully saturated rings. The lowest BCUT2D eigenvalue weighted by Crippen LogP contribution is -2.25. The first-order valence-corrected chi connectivity index (χ1v) is 8.49. The molecule has 21 heavy (non-hydrogen) atoms. The van der Waals surface area contributed by atoms with Gasteiger partial charge in [0.1, 0.15) is 18.2 Å². The van der Waals surface area contributed by atoms with Gasteiger partial charge in [-0.05, 0) is 38.0 Å². The summed E-state index contributed by atoms with van der Waals surface area (Å²) in [7, 11) is 0. The molecule has 1 aromatic heterocycles. The van der Waals surface area contributed by atoms with E-state index in [-0.39, 0.29) is 0 Å². The van der Waals surface area contributed by atoms with E-state index >= 15 is 0 Å². The van der Waals surface area contributed by atoms with Crippen molar-refractivity contribution in [1.82, 2.24) is 9.97 Å². The Kier molecular flexibility index (Phi) is 6.27. The van der Waals surface area contributed by atoms with Crippen LogP contribution in [0.5, 0.6) is 5.88 Å². The van der Waals surface area contributed by atoms with Crippen molar-refractivity contribution in [2.75, 3.05) is 11.9 Å². The van der Waals surface area contributed by atoms with Gasteiger partial charge in [0.2, 0.25) is 5.88 Å². The highest BCUT2D eigenvalue weighted by Gasteiger charge is 2.22. The Morgan fingerprint density at radius 3 is 2.81 bits per heavy atom. The van der Waals surface area contributed by atoms with Crippen LogP contribution in [-0.2, 0) is 6.42 Å². The van der Waals surface area contributed by atoms with Crippen LogP contribution in [-0.4, -0.2) is 22.6 Å². The molecule has 4 heteroatoms. The molecule has 1 aliphatic rings. The highest BCUT2D eigenvalue weighted by Crippen LogP contribution is 2.30. The lowest BCUT2D eigenvalue weighted by Gasteiger charge is -2.27. The van der Waals surface area contributed by atoms with Crippen LogP contribution in [0.1, 0.15) is 64.9 Å². The Hall–Kier alpha value is -1.32. The van der Waals surface area contributed by atoms with Gasteiger partial charge in [-0.25, -0.2) is 9.97 Å². The van der Waals surface area contributed by atoms with E-state index < -0.39 is 0 Å². The van der Waals surface area contributed by atoms with Crippen LogP contribution in [0.4, 0.5) is 5.82 Å². The quantitative estimate of drug-likeness (QED) is 0.817. The monoisotopic (exact) mass is 291 g/mol. The molecule has 4 nitrogen and oxygen atoms in total. The molecular weight excluding hydrogens is 262 g/mol. The molecule has 0 aromatic carbocycles. The molecule has 1 aliphatic carbocycles. The molecular formula is C17H29N3O. The topological polar surface area (TPSA) is 47.0 Å². The summed E-state index contributed by atoms with van der Waals surface area (Å²) in [6.07, 6.45) is 9.96. The van der Waals surface area contributed by atoms with Gasteiger partial charge >= 0.3 is 0 Å². The van der Waals surface area contributed by atoms with Gasteiger partial charge < -0.3 is 10.1 Å². The van der Waals surface area contributed by atoms with Gasteiger partial charge in [0, 0.05) is 6.54 Å². The number of anilines is 1. The minimum absolute atomic E-state index is 0.318. The van der Waals surface area contributed by atoms with Gasteiger partial charge in [-0.3, -0.25) is 0 Å². The maximum atomic E-state index is 6.24. The largest absolute Gasteiger partial charge is 0.474 e. The zero-order chi connectivity index (χ0) is 15.1. The molecule has 1 heterocycles. The molecule has 0 saturated heterocycles. The van der Waals surface area contributed by atoms with E-state index in [0.29, 0.717) is 6.10 Å². The lowest BCUT2D eigenvalue weighted by molar-refractivity contribution is 0.122. The number of nitrogens with zero attached hydrogens (tertiary/aromatic N) is 2. The van der Waals surface area contributed by atoms with Crippen molar-refractivity contribution in [2.24, 2.45) is 5.92 Å². The number of rotatable bonds is 7. The van der Waals surface area contributed by atoms with Crippen LogP contribution in [0.3, 0.4) is 0 Å². The lowest BCUT2D eigenvalue weighted by atomic mass is 9.89. The normalized spacial score (nSPS) is 22.0. The average molecular weight is 291 g/mol. The number of ether oxygens (including phenoxy) is 1. The summed E-state index contributed by atoms with van der Waals surface area (Å²) in [5, 5.41) is 3.40. The van der Waals surface area contributed by atoms with Crippen LogP contribution >= 0.6 is 0 Å². The molecule has 0 amide bonds. The Labute approximate surface area is 128 Å². The SMILES string of the molecule is CCCNc1ncnc(OC2CCCC(C)C2)c1CCC.